The Bertz CT molecular complexity index is 200. The van der Waals surface area contributed by atoms with Crippen LogP contribution in [-0.2, 0) is 0 Å². The van der Waals surface area contributed by atoms with Crippen LogP contribution in [0.1, 0.15) is 46.5 Å². The molecule has 0 spiro atoms. The highest BCUT2D eigenvalue weighted by Crippen LogP contribution is 2.42. The molecule has 3 heteroatoms. The van der Waals surface area contributed by atoms with Gasteiger partial charge in [0.15, 0.2) is 0 Å². The Hall–Kier alpha value is -0.120. The Morgan fingerprint density at radius 2 is 1.50 bits per heavy atom. The molecule has 3 nitrogen and oxygen atoms in total. The van der Waals surface area contributed by atoms with Crippen molar-refractivity contribution >= 4 is 0 Å². The molecule has 1 fully saturated rings. The third-order valence-corrected chi connectivity index (χ3v) is 4.06. The minimum absolute atomic E-state index is 0.0395. The minimum Gasteiger partial charge on any atom is -0.394 e. The van der Waals surface area contributed by atoms with Crippen LogP contribution in [0.15, 0.2) is 0 Å². The van der Waals surface area contributed by atoms with E-state index in [9.17, 15) is 10.2 Å². The molecule has 0 aromatic carbocycles. The maximum atomic E-state index is 9.35. The van der Waals surface area contributed by atoms with Crippen molar-refractivity contribution in [2.75, 3.05) is 26.3 Å². The summed E-state index contributed by atoms with van der Waals surface area (Å²) in [5, 5.41) is 18.7. The third-order valence-electron chi connectivity index (χ3n) is 4.06. The van der Waals surface area contributed by atoms with Gasteiger partial charge >= 0.3 is 0 Å². The van der Waals surface area contributed by atoms with Gasteiger partial charge in [-0.15, -0.1) is 0 Å². The van der Waals surface area contributed by atoms with Gasteiger partial charge in [-0.2, -0.15) is 0 Å². The van der Waals surface area contributed by atoms with Gasteiger partial charge in [-0.05, 0) is 25.2 Å². The van der Waals surface area contributed by atoms with Crippen molar-refractivity contribution in [3.63, 3.8) is 0 Å². The van der Waals surface area contributed by atoms with Crippen LogP contribution in [0, 0.1) is 5.41 Å². The molecule has 96 valence electrons. The molecule has 0 radical (unpaired) electrons. The molecule has 0 aromatic heterocycles. The average Bonchev–Trinajstić information content (AvgIpc) is 2.24. The van der Waals surface area contributed by atoms with Crippen molar-refractivity contribution in [1.82, 2.24) is 4.90 Å². The van der Waals surface area contributed by atoms with Crippen molar-refractivity contribution < 1.29 is 10.2 Å². The predicted octanol–water partition coefficient (Wildman–Crippen LogP) is 1.63. The van der Waals surface area contributed by atoms with Gasteiger partial charge in [-0.3, -0.25) is 4.90 Å². The van der Waals surface area contributed by atoms with Crippen LogP contribution in [-0.4, -0.2) is 47.0 Å². The van der Waals surface area contributed by atoms with Crippen molar-refractivity contribution in [3.05, 3.63) is 0 Å². The van der Waals surface area contributed by atoms with Gasteiger partial charge in [-0.1, -0.05) is 26.7 Å². The topological polar surface area (TPSA) is 43.7 Å². The van der Waals surface area contributed by atoms with Crippen molar-refractivity contribution in [3.8, 4) is 0 Å². The third kappa shape index (κ3) is 2.58. The SMILES string of the molecule is CCCC1(CCC)CN(C(C)(CO)CO)C1. The summed E-state index contributed by atoms with van der Waals surface area (Å²) in [5.41, 5.74) is 0.0279. The first kappa shape index (κ1) is 13.9. The standard InChI is InChI=1S/C13H27NO2/c1-4-6-13(7-5-2)8-14(9-13)12(3,10-15)11-16/h15-16H,4-11H2,1-3H3. The summed E-state index contributed by atoms with van der Waals surface area (Å²) in [6, 6.07) is 0. The quantitative estimate of drug-likeness (QED) is 0.697. The van der Waals surface area contributed by atoms with E-state index in [4.69, 9.17) is 0 Å². The number of nitrogens with zero attached hydrogens (tertiary/aromatic N) is 1. The number of aliphatic hydroxyl groups excluding tert-OH is 2. The number of hydrogen-bond donors (Lipinski definition) is 2. The molecule has 2 N–H and O–H groups in total. The molecule has 1 saturated heterocycles. The highest BCUT2D eigenvalue weighted by Gasteiger charge is 2.47. The van der Waals surface area contributed by atoms with Crippen LogP contribution in [0.2, 0.25) is 0 Å². The maximum absolute atomic E-state index is 9.35. The summed E-state index contributed by atoms with van der Waals surface area (Å²) in [7, 11) is 0. The van der Waals surface area contributed by atoms with Gasteiger partial charge in [0.2, 0.25) is 0 Å². The lowest BCUT2D eigenvalue weighted by Crippen LogP contribution is -2.66. The largest absolute Gasteiger partial charge is 0.394 e. The van der Waals surface area contributed by atoms with Gasteiger partial charge in [0, 0.05) is 13.1 Å². The first-order valence-electron chi connectivity index (χ1n) is 6.52. The van der Waals surface area contributed by atoms with E-state index in [0.717, 1.165) is 13.1 Å². The van der Waals surface area contributed by atoms with Crippen LogP contribution in [0.25, 0.3) is 0 Å². The Labute approximate surface area is 99.5 Å². The monoisotopic (exact) mass is 229 g/mol. The van der Waals surface area contributed by atoms with E-state index in [2.05, 4.69) is 18.7 Å². The summed E-state index contributed by atoms with van der Waals surface area (Å²) < 4.78 is 0. The van der Waals surface area contributed by atoms with E-state index in [-0.39, 0.29) is 13.2 Å². The Balaban J connectivity index is 2.55. The van der Waals surface area contributed by atoms with Crippen LogP contribution in [0.4, 0.5) is 0 Å². The van der Waals surface area contributed by atoms with E-state index in [1.165, 1.54) is 25.7 Å². The summed E-state index contributed by atoms with van der Waals surface area (Å²) >= 11 is 0. The zero-order chi connectivity index (χ0) is 12.2. The molecule has 0 unspecified atom stereocenters. The Morgan fingerprint density at radius 3 is 1.81 bits per heavy atom. The van der Waals surface area contributed by atoms with Crippen LogP contribution in [0.5, 0.6) is 0 Å². The van der Waals surface area contributed by atoms with E-state index in [0.29, 0.717) is 5.41 Å². The fraction of sp³-hybridized carbons (Fsp3) is 1.00. The Kier molecular flexibility index (Phi) is 4.77. The second-order valence-electron chi connectivity index (χ2n) is 5.67. The average molecular weight is 229 g/mol. The highest BCUT2D eigenvalue weighted by atomic mass is 16.3. The molecule has 0 amide bonds. The zero-order valence-corrected chi connectivity index (χ0v) is 11.0. The molecule has 0 aliphatic carbocycles. The van der Waals surface area contributed by atoms with Gasteiger partial charge in [0.1, 0.15) is 0 Å². The normalized spacial score (nSPS) is 20.8. The molecule has 16 heavy (non-hydrogen) atoms. The smallest absolute Gasteiger partial charge is 0.0644 e. The fourth-order valence-corrected chi connectivity index (χ4v) is 2.90. The zero-order valence-electron chi connectivity index (χ0n) is 11.0. The van der Waals surface area contributed by atoms with E-state index in [1.807, 2.05) is 6.92 Å². The molecule has 1 heterocycles. The number of aliphatic hydroxyl groups is 2. The molecule has 0 saturated carbocycles. The maximum Gasteiger partial charge on any atom is 0.0644 e. The first-order valence-corrected chi connectivity index (χ1v) is 6.52. The number of rotatable bonds is 7. The van der Waals surface area contributed by atoms with E-state index in [1.54, 1.807) is 0 Å². The number of likely N-dealkylation sites (tertiary alicyclic amines) is 1. The van der Waals surface area contributed by atoms with E-state index >= 15 is 0 Å². The van der Waals surface area contributed by atoms with Gasteiger partial charge < -0.3 is 10.2 Å². The van der Waals surface area contributed by atoms with Crippen LogP contribution < -0.4 is 0 Å². The summed E-state index contributed by atoms with van der Waals surface area (Å²) in [5.74, 6) is 0. The molecule has 0 atom stereocenters. The molecular formula is C13H27NO2. The molecule has 1 aliphatic rings. The summed E-state index contributed by atoms with van der Waals surface area (Å²) in [4.78, 5) is 2.23. The van der Waals surface area contributed by atoms with E-state index < -0.39 is 5.54 Å². The molecule has 1 aliphatic heterocycles. The Morgan fingerprint density at radius 1 is 1.06 bits per heavy atom. The van der Waals surface area contributed by atoms with Gasteiger partial charge in [-0.25, -0.2) is 0 Å². The summed E-state index contributed by atoms with van der Waals surface area (Å²) in [6.07, 6.45) is 4.99. The van der Waals surface area contributed by atoms with Crippen LogP contribution in [0.3, 0.4) is 0 Å². The molecule has 0 aromatic rings. The second kappa shape index (κ2) is 5.48. The molecule has 1 rings (SSSR count). The lowest BCUT2D eigenvalue weighted by atomic mass is 9.70. The highest BCUT2D eigenvalue weighted by molar-refractivity contribution is 5.01. The van der Waals surface area contributed by atoms with Gasteiger partial charge in [0.05, 0.1) is 18.8 Å². The summed E-state index contributed by atoms with van der Waals surface area (Å²) in [6.45, 7) is 8.55. The van der Waals surface area contributed by atoms with Gasteiger partial charge in [0.25, 0.3) is 0 Å². The lowest BCUT2D eigenvalue weighted by Gasteiger charge is -2.57. The second-order valence-corrected chi connectivity index (χ2v) is 5.67. The van der Waals surface area contributed by atoms with Crippen LogP contribution >= 0.6 is 0 Å². The fourth-order valence-electron chi connectivity index (χ4n) is 2.90. The number of hydrogen-bond acceptors (Lipinski definition) is 3. The van der Waals surface area contributed by atoms with Crippen molar-refractivity contribution in [1.29, 1.82) is 0 Å². The lowest BCUT2D eigenvalue weighted by molar-refractivity contribution is -0.115. The molecular weight excluding hydrogens is 202 g/mol. The van der Waals surface area contributed by atoms with Crippen molar-refractivity contribution in [2.24, 2.45) is 5.41 Å². The predicted molar refractivity (Wildman–Crippen MR) is 66.4 cm³/mol. The molecule has 0 bridgehead atoms. The van der Waals surface area contributed by atoms with Crippen molar-refractivity contribution in [2.45, 2.75) is 52.0 Å². The first-order chi connectivity index (χ1) is 7.55. The minimum atomic E-state index is -0.426.